The molecule has 0 bridgehead atoms. The lowest BCUT2D eigenvalue weighted by Crippen LogP contribution is -2.43. The number of benzene rings is 4. The number of H-pyrrole nitrogens is 2. The van der Waals surface area contributed by atoms with Crippen molar-refractivity contribution >= 4 is 34.4 Å². The van der Waals surface area contributed by atoms with Crippen molar-refractivity contribution in [1.29, 1.82) is 0 Å². The second-order valence-corrected chi connectivity index (χ2v) is 17.9. The highest BCUT2D eigenvalue weighted by atomic mass is 16.2. The van der Waals surface area contributed by atoms with Gasteiger partial charge in [-0.2, -0.15) is 0 Å². The number of likely N-dealkylation sites (tertiary alicyclic amines) is 2. The molecular formula is C55H50N8O4. The second kappa shape index (κ2) is 19.3. The van der Waals surface area contributed by atoms with Gasteiger partial charge in [0.1, 0.15) is 29.4 Å². The Labute approximate surface area is 389 Å². The van der Waals surface area contributed by atoms with Crippen LogP contribution in [-0.2, 0) is 19.2 Å². The van der Waals surface area contributed by atoms with Crippen LogP contribution < -0.4 is 10.6 Å². The molecule has 0 unspecified atom stereocenters. The monoisotopic (exact) mass is 886 g/mol. The molecule has 2 aliphatic heterocycles. The topological polar surface area (TPSA) is 156 Å². The zero-order valence-electron chi connectivity index (χ0n) is 37.1. The molecule has 4 aromatic carbocycles. The number of nitrogens with zero attached hydrogens (tertiary/aromatic N) is 4. The Morgan fingerprint density at radius 1 is 0.612 bits per heavy atom. The molecule has 4 aliphatic rings. The predicted molar refractivity (Wildman–Crippen MR) is 254 cm³/mol. The van der Waals surface area contributed by atoms with E-state index in [1.807, 2.05) is 107 Å². The highest BCUT2D eigenvalue weighted by Crippen LogP contribution is 2.38. The number of amides is 4. The molecule has 12 nitrogen and oxygen atoms in total. The summed E-state index contributed by atoms with van der Waals surface area (Å²) in [6.45, 7) is 1.15. The van der Waals surface area contributed by atoms with Gasteiger partial charge < -0.3 is 30.4 Å². The molecule has 4 amide bonds. The molecule has 2 saturated heterocycles. The summed E-state index contributed by atoms with van der Waals surface area (Å²) in [6, 6.07) is 28.9. The van der Waals surface area contributed by atoms with Gasteiger partial charge in [-0.3, -0.25) is 19.2 Å². The molecule has 2 aliphatic carbocycles. The number of imidazole rings is 2. The number of carbonyl (C=O) groups is 4. The normalized spacial score (nSPS) is 18.4. The molecule has 4 N–H and O–H groups in total. The minimum atomic E-state index is -0.761. The third-order valence-electron chi connectivity index (χ3n) is 13.2. The Bertz CT molecular complexity index is 3030. The summed E-state index contributed by atoms with van der Waals surface area (Å²) in [7, 11) is 0. The van der Waals surface area contributed by atoms with Crippen LogP contribution in [0.25, 0.3) is 22.0 Å². The quantitative estimate of drug-likeness (QED) is 0.0928. The van der Waals surface area contributed by atoms with E-state index in [0.717, 1.165) is 90.1 Å². The van der Waals surface area contributed by atoms with E-state index in [4.69, 9.17) is 4.98 Å². The maximum absolute atomic E-state index is 14.2. The van der Waals surface area contributed by atoms with Crippen molar-refractivity contribution in [3.63, 3.8) is 0 Å². The molecular weight excluding hydrogens is 837 g/mol. The molecule has 4 fully saturated rings. The number of carbonyl (C=O) groups excluding carboxylic acids is 4. The lowest BCUT2D eigenvalue weighted by Gasteiger charge is -2.28. The summed E-state index contributed by atoms with van der Waals surface area (Å²) < 4.78 is 0. The zero-order valence-corrected chi connectivity index (χ0v) is 37.1. The lowest BCUT2D eigenvalue weighted by atomic mass is 9.99. The summed E-state index contributed by atoms with van der Waals surface area (Å²) in [4.78, 5) is 73.9. The average Bonchev–Trinajstić information content (AvgIpc) is 4.07. The summed E-state index contributed by atoms with van der Waals surface area (Å²) in [5, 5.41) is 8.04. The average molecular weight is 887 g/mol. The van der Waals surface area contributed by atoms with Crippen molar-refractivity contribution < 1.29 is 19.2 Å². The van der Waals surface area contributed by atoms with Crippen LogP contribution in [0.1, 0.15) is 116 Å². The van der Waals surface area contributed by atoms with Crippen molar-refractivity contribution in [3.05, 3.63) is 143 Å². The SMILES string of the molecule is O=C(CC1CC1)N[C@@H](C(=O)N1CCC[C@@H]1c1ncc(-c2cccc3c(C#CC#CC#Cc4cnc([C@H]5CCCN5C(=O)[C@H](NC(=O)C5CC5)c5ccccc5)[nH]4)cccc23)[nH]1)c1ccccc1. The van der Waals surface area contributed by atoms with E-state index in [1.165, 1.54) is 0 Å². The zero-order chi connectivity index (χ0) is 45.7. The van der Waals surface area contributed by atoms with Gasteiger partial charge in [0.15, 0.2) is 0 Å². The summed E-state index contributed by atoms with van der Waals surface area (Å²) in [5.74, 6) is 19.1. The standard InChI is InChI=1S/C55H50N8O4/c64-48(33-36-27-28-36)60-49(38-16-6-3-7-17-38)54(66)63-32-14-26-47(63)52-57-35-45(59-52)44-24-12-22-42-37(20-11-23-43(42)44)15-5-1-2-10-21-41-34-56-51(58-41)46-25-13-31-62(46)55(67)50(39-18-8-4-9-19-39)61-53(65)40-29-30-40/h3-4,6-9,11-12,16-20,22-24,34-36,40,46-47,49-50H,13-14,25-33H2,(H,56,58)(H,57,59)(H,60,64)(H,61,65)/t46-,47-,49-,50-/m1/s1. The van der Waals surface area contributed by atoms with Crippen LogP contribution in [0.5, 0.6) is 0 Å². The van der Waals surface area contributed by atoms with Crippen LogP contribution in [0.2, 0.25) is 0 Å². The van der Waals surface area contributed by atoms with Crippen LogP contribution in [0.15, 0.2) is 109 Å². The maximum Gasteiger partial charge on any atom is 0.250 e. The Balaban J connectivity index is 0.808. The van der Waals surface area contributed by atoms with Crippen LogP contribution >= 0.6 is 0 Å². The molecule has 0 spiro atoms. The molecule has 4 atom stereocenters. The first kappa shape index (κ1) is 43.0. The van der Waals surface area contributed by atoms with Gasteiger partial charge in [0, 0.05) is 36.6 Å². The molecule has 10 rings (SSSR count). The first-order valence-electron chi connectivity index (χ1n) is 23.3. The number of aromatic nitrogens is 4. The number of hydrogen-bond acceptors (Lipinski definition) is 6. The van der Waals surface area contributed by atoms with Crippen LogP contribution in [0.4, 0.5) is 0 Å². The molecule has 67 heavy (non-hydrogen) atoms. The lowest BCUT2D eigenvalue weighted by molar-refractivity contribution is -0.138. The van der Waals surface area contributed by atoms with Gasteiger partial charge in [0.05, 0.1) is 30.2 Å². The van der Waals surface area contributed by atoms with Gasteiger partial charge in [0.2, 0.25) is 23.6 Å². The fourth-order valence-corrected chi connectivity index (χ4v) is 9.36. The molecule has 2 saturated carbocycles. The van der Waals surface area contributed by atoms with Gasteiger partial charge in [-0.15, -0.1) is 0 Å². The van der Waals surface area contributed by atoms with E-state index < -0.39 is 12.1 Å². The first-order valence-corrected chi connectivity index (χ1v) is 23.3. The van der Waals surface area contributed by atoms with Crippen molar-refractivity contribution in [3.8, 4) is 46.8 Å². The van der Waals surface area contributed by atoms with Gasteiger partial charge in [-0.25, -0.2) is 9.97 Å². The van der Waals surface area contributed by atoms with Gasteiger partial charge in [-0.05, 0) is 115 Å². The van der Waals surface area contributed by atoms with E-state index in [1.54, 1.807) is 6.20 Å². The van der Waals surface area contributed by atoms with Crippen LogP contribution in [0, 0.1) is 47.4 Å². The number of fused-ring (bicyclic) bond motifs is 1. The molecule has 6 aromatic rings. The highest BCUT2D eigenvalue weighted by Gasteiger charge is 2.40. The minimum Gasteiger partial charge on any atom is -0.341 e. The molecule has 0 radical (unpaired) electrons. The smallest absolute Gasteiger partial charge is 0.250 e. The van der Waals surface area contributed by atoms with E-state index in [-0.39, 0.29) is 41.6 Å². The highest BCUT2D eigenvalue weighted by molar-refractivity contribution is 5.99. The fraction of sp³-hybridized carbons (Fsp3) is 0.309. The van der Waals surface area contributed by atoms with E-state index in [2.05, 4.69) is 67.2 Å². The Morgan fingerprint density at radius 3 is 1.87 bits per heavy atom. The Hall–Kier alpha value is -7.88. The number of aromatic amines is 2. The van der Waals surface area contributed by atoms with E-state index in [9.17, 15) is 19.2 Å². The molecule has 4 heterocycles. The van der Waals surface area contributed by atoms with E-state index >= 15 is 0 Å². The number of rotatable bonds is 12. The van der Waals surface area contributed by atoms with Crippen molar-refractivity contribution in [1.82, 2.24) is 40.4 Å². The summed E-state index contributed by atoms with van der Waals surface area (Å²) in [5.41, 5.74) is 4.73. The van der Waals surface area contributed by atoms with Crippen molar-refractivity contribution in [2.75, 3.05) is 13.1 Å². The first-order chi connectivity index (χ1) is 32.9. The van der Waals surface area contributed by atoms with Gasteiger partial charge in [-0.1, -0.05) is 96.9 Å². The number of hydrogen-bond donors (Lipinski definition) is 4. The fourth-order valence-electron chi connectivity index (χ4n) is 9.36. The second-order valence-electron chi connectivity index (χ2n) is 17.9. The maximum atomic E-state index is 14.2. The predicted octanol–water partition coefficient (Wildman–Crippen LogP) is 7.61. The largest absolute Gasteiger partial charge is 0.341 e. The molecule has 12 heteroatoms. The van der Waals surface area contributed by atoms with Crippen LogP contribution in [0.3, 0.4) is 0 Å². The summed E-state index contributed by atoms with van der Waals surface area (Å²) in [6.07, 6.45) is 10.9. The van der Waals surface area contributed by atoms with Gasteiger partial charge >= 0.3 is 0 Å². The van der Waals surface area contributed by atoms with Crippen molar-refractivity contribution in [2.45, 2.75) is 82.0 Å². The molecule has 334 valence electrons. The number of nitrogens with one attached hydrogen (secondary N) is 4. The Kier molecular flexibility index (Phi) is 12.4. The van der Waals surface area contributed by atoms with E-state index in [0.29, 0.717) is 42.8 Å². The minimum absolute atomic E-state index is 0.0148. The van der Waals surface area contributed by atoms with Crippen LogP contribution in [-0.4, -0.2) is 66.5 Å². The van der Waals surface area contributed by atoms with Gasteiger partial charge in [0.25, 0.3) is 0 Å². The Morgan fingerprint density at radius 2 is 1.21 bits per heavy atom. The van der Waals surface area contributed by atoms with Crippen molar-refractivity contribution in [2.24, 2.45) is 11.8 Å². The third kappa shape index (κ3) is 9.74. The third-order valence-corrected chi connectivity index (χ3v) is 13.2. The molecule has 2 aromatic heterocycles. The summed E-state index contributed by atoms with van der Waals surface area (Å²) >= 11 is 0.